The topological polar surface area (TPSA) is 89.8 Å². The van der Waals surface area contributed by atoms with Gasteiger partial charge in [-0.2, -0.15) is 5.10 Å². The summed E-state index contributed by atoms with van der Waals surface area (Å²) >= 11 is 0. The first-order valence-electron chi connectivity index (χ1n) is 7.88. The van der Waals surface area contributed by atoms with E-state index in [0.717, 1.165) is 35.4 Å². The van der Waals surface area contributed by atoms with Crippen LogP contribution >= 0.6 is 0 Å². The Balaban J connectivity index is 1.71. The number of fused-ring (bicyclic) bond motifs is 2. The number of benzene rings is 1. The SMILES string of the molecule is COC(=O)Oc1cn2ncnc(Nc3ccc4c(c3)NCC4)c2c1C. The molecule has 0 radical (unpaired) electrons. The minimum absolute atomic E-state index is 0.381. The van der Waals surface area contributed by atoms with Crippen molar-refractivity contribution in [2.24, 2.45) is 0 Å². The Kier molecular flexibility index (Phi) is 3.64. The van der Waals surface area contributed by atoms with Gasteiger partial charge in [0, 0.05) is 23.5 Å². The van der Waals surface area contributed by atoms with Crippen LogP contribution in [0.4, 0.5) is 22.0 Å². The van der Waals surface area contributed by atoms with Gasteiger partial charge in [-0.05, 0) is 31.0 Å². The maximum absolute atomic E-state index is 11.4. The highest BCUT2D eigenvalue weighted by molar-refractivity contribution is 5.80. The van der Waals surface area contributed by atoms with Gasteiger partial charge in [0.05, 0.1) is 13.3 Å². The van der Waals surface area contributed by atoms with E-state index in [4.69, 9.17) is 4.74 Å². The monoisotopic (exact) mass is 339 g/mol. The highest BCUT2D eigenvalue weighted by Gasteiger charge is 2.17. The lowest BCUT2D eigenvalue weighted by atomic mass is 10.1. The Morgan fingerprint density at radius 2 is 2.28 bits per heavy atom. The first-order valence-corrected chi connectivity index (χ1v) is 7.88. The normalized spacial score (nSPS) is 12.6. The van der Waals surface area contributed by atoms with Crippen LogP contribution in [0.3, 0.4) is 0 Å². The molecule has 0 atom stereocenters. The molecule has 0 spiro atoms. The third kappa shape index (κ3) is 2.71. The molecule has 128 valence electrons. The summed E-state index contributed by atoms with van der Waals surface area (Å²) in [5.41, 5.74) is 4.84. The van der Waals surface area contributed by atoms with Crippen LogP contribution in [0.15, 0.2) is 30.7 Å². The summed E-state index contributed by atoms with van der Waals surface area (Å²) in [6.45, 7) is 2.80. The van der Waals surface area contributed by atoms with Gasteiger partial charge in [-0.1, -0.05) is 6.07 Å². The van der Waals surface area contributed by atoms with Gasteiger partial charge in [-0.3, -0.25) is 0 Å². The highest BCUT2D eigenvalue weighted by Crippen LogP contribution is 2.31. The Morgan fingerprint density at radius 3 is 3.12 bits per heavy atom. The van der Waals surface area contributed by atoms with Crippen LogP contribution in [0.25, 0.3) is 5.52 Å². The van der Waals surface area contributed by atoms with E-state index in [1.165, 1.54) is 19.0 Å². The number of rotatable bonds is 3. The van der Waals surface area contributed by atoms with Crippen molar-refractivity contribution in [2.45, 2.75) is 13.3 Å². The maximum Gasteiger partial charge on any atom is 0.513 e. The molecule has 3 heterocycles. The molecule has 0 bridgehead atoms. The van der Waals surface area contributed by atoms with Crippen LogP contribution in [0.1, 0.15) is 11.1 Å². The predicted molar refractivity (Wildman–Crippen MR) is 92.7 cm³/mol. The van der Waals surface area contributed by atoms with Crippen molar-refractivity contribution in [1.82, 2.24) is 14.6 Å². The molecular formula is C17H17N5O3. The number of hydrogen-bond acceptors (Lipinski definition) is 7. The molecule has 2 N–H and O–H groups in total. The van der Waals surface area contributed by atoms with Crippen molar-refractivity contribution in [3.8, 4) is 5.75 Å². The second-order valence-electron chi connectivity index (χ2n) is 5.75. The number of hydrogen-bond donors (Lipinski definition) is 2. The molecule has 1 aliphatic rings. The summed E-state index contributed by atoms with van der Waals surface area (Å²) in [7, 11) is 1.27. The van der Waals surface area contributed by atoms with E-state index in [1.807, 2.05) is 13.0 Å². The highest BCUT2D eigenvalue weighted by atomic mass is 16.7. The van der Waals surface area contributed by atoms with Gasteiger partial charge in [0.2, 0.25) is 0 Å². The van der Waals surface area contributed by atoms with Crippen molar-refractivity contribution in [1.29, 1.82) is 0 Å². The second kappa shape index (κ2) is 5.97. The standard InChI is InChI=1S/C17H17N5O3/c1-10-14(25-17(23)24-2)8-22-15(10)16(19-9-20-22)21-12-4-3-11-5-6-18-13(11)7-12/h3-4,7-9,18H,5-6H2,1-2H3,(H,19,20,21). The van der Waals surface area contributed by atoms with Crippen LogP contribution in [0.5, 0.6) is 5.75 Å². The molecule has 0 saturated heterocycles. The lowest BCUT2D eigenvalue weighted by molar-refractivity contribution is 0.121. The number of carbonyl (C=O) groups excluding carboxylic acids is 1. The number of ether oxygens (including phenoxy) is 2. The van der Waals surface area contributed by atoms with Gasteiger partial charge >= 0.3 is 6.16 Å². The molecule has 0 amide bonds. The smallest absolute Gasteiger partial charge is 0.437 e. The van der Waals surface area contributed by atoms with Crippen LogP contribution in [0.2, 0.25) is 0 Å². The number of methoxy groups -OCH3 is 1. The first-order chi connectivity index (χ1) is 12.2. The number of nitrogens with one attached hydrogen (secondary N) is 2. The molecule has 0 fully saturated rings. The fourth-order valence-electron chi connectivity index (χ4n) is 2.97. The molecule has 8 heteroatoms. The molecule has 8 nitrogen and oxygen atoms in total. The van der Waals surface area contributed by atoms with Gasteiger partial charge in [-0.25, -0.2) is 14.3 Å². The summed E-state index contributed by atoms with van der Waals surface area (Å²) < 4.78 is 11.3. The summed E-state index contributed by atoms with van der Waals surface area (Å²) in [5, 5.41) is 10.8. The van der Waals surface area contributed by atoms with Crippen LogP contribution in [-0.4, -0.2) is 34.4 Å². The van der Waals surface area contributed by atoms with Gasteiger partial charge in [0.1, 0.15) is 11.8 Å². The number of aryl methyl sites for hydroxylation is 1. The second-order valence-corrected chi connectivity index (χ2v) is 5.75. The maximum atomic E-state index is 11.4. The minimum Gasteiger partial charge on any atom is -0.437 e. The van der Waals surface area contributed by atoms with E-state index in [9.17, 15) is 4.79 Å². The van der Waals surface area contributed by atoms with Crippen LogP contribution < -0.4 is 15.4 Å². The van der Waals surface area contributed by atoms with Crippen molar-refractivity contribution >= 4 is 28.9 Å². The first kappa shape index (κ1) is 15.3. The molecule has 0 saturated carbocycles. The van der Waals surface area contributed by atoms with Gasteiger partial charge in [-0.15, -0.1) is 0 Å². The van der Waals surface area contributed by atoms with Gasteiger partial charge in [0.15, 0.2) is 11.6 Å². The zero-order chi connectivity index (χ0) is 17.4. The van der Waals surface area contributed by atoms with Crippen molar-refractivity contribution in [3.05, 3.63) is 41.9 Å². The lowest BCUT2D eigenvalue weighted by Crippen LogP contribution is -2.07. The molecule has 2 aromatic heterocycles. The van der Waals surface area contributed by atoms with E-state index in [0.29, 0.717) is 11.6 Å². The number of carbonyl (C=O) groups is 1. The molecule has 1 aliphatic heterocycles. The Morgan fingerprint density at radius 1 is 1.40 bits per heavy atom. The van der Waals surface area contributed by atoms with Crippen molar-refractivity contribution in [3.63, 3.8) is 0 Å². The Hall–Kier alpha value is -3.29. The van der Waals surface area contributed by atoms with Crippen LogP contribution in [-0.2, 0) is 11.2 Å². The predicted octanol–water partition coefficient (Wildman–Crippen LogP) is 2.89. The van der Waals surface area contributed by atoms with Gasteiger partial charge < -0.3 is 20.1 Å². The third-order valence-electron chi connectivity index (χ3n) is 4.22. The average Bonchev–Trinajstić information content (AvgIpc) is 3.20. The largest absolute Gasteiger partial charge is 0.513 e. The molecule has 1 aromatic carbocycles. The Bertz CT molecular complexity index is 966. The fourth-order valence-corrected chi connectivity index (χ4v) is 2.97. The third-order valence-corrected chi connectivity index (χ3v) is 4.22. The molecular weight excluding hydrogens is 322 g/mol. The van der Waals surface area contributed by atoms with Crippen LogP contribution in [0, 0.1) is 6.92 Å². The van der Waals surface area contributed by atoms with Crippen molar-refractivity contribution in [2.75, 3.05) is 24.3 Å². The molecule has 3 aromatic rings. The van der Waals surface area contributed by atoms with Crippen molar-refractivity contribution < 1.29 is 14.3 Å². The summed E-state index contributed by atoms with van der Waals surface area (Å²) in [4.78, 5) is 15.7. The van der Waals surface area contributed by atoms with E-state index in [-0.39, 0.29) is 0 Å². The number of aromatic nitrogens is 3. The fraction of sp³-hybridized carbons (Fsp3) is 0.235. The quantitative estimate of drug-likeness (QED) is 0.709. The molecule has 0 aliphatic carbocycles. The molecule has 25 heavy (non-hydrogen) atoms. The lowest BCUT2D eigenvalue weighted by Gasteiger charge is -2.09. The van der Waals surface area contributed by atoms with E-state index < -0.39 is 6.16 Å². The zero-order valence-electron chi connectivity index (χ0n) is 13.9. The zero-order valence-corrected chi connectivity index (χ0v) is 13.9. The van der Waals surface area contributed by atoms with E-state index >= 15 is 0 Å². The minimum atomic E-state index is -0.772. The molecule has 4 rings (SSSR count). The number of anilines is 3. The Labute approximate surface area is 143 Å². The summed E-state index contributed by atoms with van der Waals surface area (Å²) in [5.74, 6) is 1.01. The summed E-state index contributed by atoms with van der Waals surface area (Å²) in [6.07, 6.45) is 3.34. The van der Waals surface area contributed by atoms with Gasteiger partial charge in [0.25, 0.3) is 0 Å². The average molecular weight is 339 g/mol. The van der Waals surface area contributed by atoms with E-state index in [2.05, 4.69) is 37.6 Å². The van der Waals surface area contributed by atoms with E-state index in [1.54, 1.807) is 10.7 Å². The molecule has 0 unspecified atom stereocenters. The number of nitrogens with zero attached hydrogens (tertiary/aromatic N) is 3. The summed E-state index contributed by atoms with van der Waals surface area (Å²) in [6, 6.07) is 6.19.